The molecular formula is C18H16N4O2S. The minimum absolute atomic E-state index is 0.182. The molecule has 0 bridgehead atoms. The van der Waals surface area contributed by atoms with Gasteiger partial charge in [0.25, 0.3) is 5.91 Å². The molecule has 3 aromatic rings. The Morgan fingerprint density at radius 3 is 2.80 bits per heavy atom. The Bertz CT molecular complexity index is 841. The van der Waals surface area contributed by atoms with Gasteiger partial charge in [0.1, 0.15) is 5.03 Å². The lowest BCUT2D eigenvalue weighted by atomic mass is 10.1. The number of pyridine rings is 1. The highest BCUT2D eigenvalue weighted by Gasteiger charge is 2.08. The van der Waals surface area contributed by atoms with Gasteiger partial charge in [0, 0.05) is 29.8 Å². The monoisotopic (exact) mass is 352 g/mol. The number of benzene rings is 1. The highest BCUT2D eigenvalue weighted by atomic mass is 32.2. The first-order chi connectivity index (χ1) is 12.2. The normalized spacial score (nSPS) is 10.3. The van der Waals surface area contributed by atoms with Crippen LogP contribution in [0.2, 0.25) is 0 Å². The van der Waals surface area contributed by atoms with Gasteiger partial charge in [0.15, 0.2) is 0 Å². The third-order valence-electron chi connectivity index (χ3n) is 3.32. The maximum atomic E-state index is 12.4. The SMILES string of the molecule is COc1ccc(NC(=O)c2cccc(CSc3cnccn3)c2)cn1. The summed E-state index contributed by atoms with van der Waals surface area (Å²) >= 11 is 1.57. The lowest BCUT2D eigenvalue weighted by Crippen LogP contribution is -2.12. The van der Waals surface area contributed by atoms with Crippen LogP contribution in [0.25, 0.3) is 0 Å². The molecule has 7 heteroatoms. The molecular weight excluding hydrogens is 336 g/mol. The van der Waals surface area contributed by atoms with Crippen molar-refractivity contribution in [3.8, 4) is 5.88 Å². The molecule has 126 valence electrons. The second-order valence-electron chi connectivity index (χ2n) is 5.08. The second kappa shape index (κ2) is 8.25. The quantitative estimate of drug-likeness (QED) is 0.685. The number of anilines is 1. The van der Waals surface area contributed by atoms with E-state index in [1.165, 1.54) is 0 Å². The van der Waals surface area contributed by atoms with Gasteiger partial charge in [-0.3, -0.25) is 9.78 Å². The summed E-state index contributed by atoms with van der Waals surface area (Å²) in [6.07, 6.45) is 6.58. The van der Waals surface area contributed by atoms with Gasteiger partial charge in [-0.15, -0.1) is 11.8 Å². The first-order valence-corrected chi connectivity index (χ1v) is 8.52. The number of carbonyl (C=O) groups is 1. The van der Waals surface area contributed by atoms with E-state index in [1.807, 2.05) is 18.2 Å². The Hall–Kier alpha value is -2.93. The lowest BCUT2D eigenvalue weighted by molar-refractivity contribution is 0.102. The molecule has 0 aliphatic rings. The average Bonchev–Trinajstić information content (AvgIpc) is 2.68. The molecule has 0 aliphatic carbocycles. The molecule has 25 heavy (non-hydrogen) atoms. The minimum Gasteiger partial charge on any atom is -0.481 e. The fourth-order valence-corrected chi connectivity index (χ4v) is 2.86. The van der Waals surface area contributed by atoms with Gasteiger partial charge < -0.3 is 10.1 Å². The number of nitrogens with one attached hydrogen (secondary N) is 1. The van der Waals surface area contributed by atoms with E-state index >= 15 is 0 Å². The molecule has 2 heterocycles. The zero-order valence-electron chi connectivity index (χ0n) is 13.5. The number of hydrogen-bond acceptors (Lipinski definition) is 6. The van der Waals surface area contributed by atoms with Crippen LogP contribution in [0.4, 0.5) is 5.69 Å². The van der Waals surface area contributed by atoms with Crippen molar-refractivity contribution in [2.75, 3.05) is 12.4 Å². The van der Waals surface area contributed by atoms with E-state index in [1.54, 1.807) is 61.9 Å². The molecule has 1 N–H and O–H groups in total. The van der Waals surface area contributed by atoms with Crippen LogP contribution in [-0.4, -0.2) is 28.0 Å². The van der Waals surface area contributed by atoms with Crippen molar-refractivity contribution >= 4 is 23.4 Å². The van der Waals surface area contributed by atoms with Crippen molar-refractivity contribution in [2.45, 2.75) is 10.8 Å². The Kier molecular flexibility index (Phi) is 5.58. The summed E-state index contributed by atoms with van der Waals surface area (Å²) in [7, 11) is 1.55. The summed E-state index contributed by atoms with van der Waals surface area (Å²) in [5.41, 5.74) is 2.24. The smallest absolute Gasteiger partial charge is 0.255 e. The summed E-state index contributed by atoms with van der Waals surface area (Å²) in [5, 5.41) is 3.67. The summed E-state index contributed by atoms with van der Waals surface area (Å²) in [4.78, 5) is 24.7. The van der Waals surface area contributed by atoms with Crippen LogP contribution in [0.15, 0.2) is 66.2 Å². The molecule has 6 nitrogen and oxygen atoms in total. The van der Waals surface area contributed by atoms with Crippen molar-refractivity contribution in [2.24, 2.45) is 0 Å². The van der Waals surface area contributed by atoms with Crippen LogP contribution in [0.1, 0.15) is 15.9 Å². The number of carbonyl (C=O) groups excluding carboxylic acids is 1. The number of ether oxygens (including phenoxy) is 1. The highest BCUT2D eigenvalue weighted by Crippen LogP contribution is 2.20. The number of methoxy groups -OCH3 is 1. The molecule has 0 unspecified atom stereocenters. The Morgan fingerprint density at radius 1 is 1.16 bits per heavy atom. The molecule has 0 fully saturated rings. The van der Waals surface area contributed by atoms with E-state index in [4.69, 9.17) is 4.74 Å². The fourth-order valence-electron chi connectivity index (χ4n) is 2.10. The molecule has 2 aromatic heterocycles. The largest absolute Gasteiger partial charge is 0.481 e. The van der Waals surface area contributed by atoms with E-state index < -0.39 is 0 Å². The van der Waals surface area contributed by atoms with E-state index in [-0.39, 0.29) is 5.91 Å². The van der Waals surface area contributed by atoms with E-state index in [0.29, 0.717) is 22.9 Å². The minimum atomic E-state index is -0.182. The first-order valence-electron chi connectivity index (χ1n) is 7.54. The Labute approximate surface area is 149 Å². The topological polar surface area (TPSA) is 77.0 Å². The molecule has 1 aromatic carbocycles. The Morgan fingerprint density at radius 2 is 2.08 bits per heavy atom. The van der Waals surface area contributed by atoms with Gasteiger partial charge in [-0.1, -0.05) is 12.1 Å². The van der Waals surface area contributed by atoms with Crippen molar-refractivity contribution in [3.05, 3.63) is 72.3 Å². The van der Waals surface area contributed by atoms with Crippen LogP contribution in [-0.2, 0) is 5.75 Å². The van der Waals surface area contributed by atoms with E-state index in [9.17, 15) is 4.79 Å². The summed E-state index contributed by atoms with van der Waals surface area (Å²) in [6.45, 7) is 0. The van der Waals surface area contributed by atoms with Gasteiger partial charge >= 0.3 is 0 Å². The second-order valence-corrected chi connectivity index (χ2v) is 6.07. The number of thioether (sulfide) groups is 1. The van der Waals surface area contributed by atoms with E-state index in [0.717, 1.165) is 10.6 Å². The van der Waals surface area contributed by atoms with Gasteiger partial charge in [-0.05, 0) is 23.8 Å². The molecule has 3 rings (SSSR count). The molecule has 0 atom stereocenters. The third-order valence-corrected chi connectivity index (χ3v) is 4.30. The summed E-state index contributed by atoms with van der Waals surface area (Å²) < 4.78 is 5.00. The number of aromatic nitrogens is 3. The maximum Gasteiger partial charge on any atom is 0.255 e. The van der Waals surface area contributed by atoms with E-state index in [2.05, 4.69) is 20.3 Å². The summed E-state index contributed by atoms with van der Waals surface area (Å²) in [6, 6.07) is 10.9. The number of nitrogens with zero attached hydrogens (tertiary/aromatic N) is 3. The standard InChI is InChI=1S/C18H16N4O2S/c1-24-16-6-5-15(10-21-16)22-18(23)14-4-2-3-13(9-14)12-25-17-11-19-7-8-20-17/h2-11H,12H2,1H3,(H,22,23). The average molecular weight is 352 g/mol. The predicted molar refractivity (Wildman–Crippen MR) is 96.8 cm³/mol. The van der Waals surface area contributed by atoms with Crippen LogP contribution < -0.4 is 10.1 Å². The van der Waals surface area contributed by atoms with Gasteiger partial charge in [-0.2, -0.15) is 0 Å². The first kappa shape index (κ1) is 16.9. The van der Waals surface area contributed by atoms with Crippen molar-refractivity contribution in [1.82, 2.24) is 15.0 Å². The zero-order chi connectivity index (χ0) is 17.5. The number of amides is 1. The molecule has 0 spiro atoms. The lowest BCUT2D eigenvalue weighted by Gasteiger charge is -2.07. The molecule has 0 radical (unpaired) electrons. The van der Waals surface area contributed by atoms with Crippen LogP contribution in [0.3, 0.4) is 0 Å². The fraction of sp³-hybridized carbons (Fsp3) is 0.111. The van der Waals surface area contributed by atoms with Crippen LogP contribution in [0, 0.1) is 0 Å². The van der Waals surface area contributed by atoms with Crippen LogP contribution >= 0.6 is 11.8 Å². The number of hydrogen-bond donors (Lipinski definition) is 1. The molecule has 1 amide bonds. The molecule has 0 saturated heterocycles. The third kappa shape index (κ3) is 4.77. The van der Waals surface area contributed by atoms with Gasteiger partial charge in [-0.25, -0.2) is 9.97 Å². The van der Waals surface area contributed by atoms with Crippen molar-refractivity contribution in [1.29, 1.82) is 0 Å². The predicted octanol–water partition coefficient (Wildman–Crippen LogP) is 3.42. The zero-order valence-corrected chi connectivity index (χ0v) is 14.4. The number of rotatable bonds is 6. The van der Waals surface area contributed by atoms with Gasteiger partial charge in [0.05, 0.1) is 25.2 Å². The maximum absolute atomic E-state index is 12.4. The van der Waals surface area contributed by atoms with Crippen LogP contribution in [0.5, 0.6) is 5.88 Å². The van der Waals surface area contributed by atoms with Crippen molar-refractivity contribution < 1.29 is 9.53 Å². The van der Waals surface area contributed by atoms with Gasteiger partial charge in [0.2, 0.25) is 5.88 Å². The summed E-state index contributed by atoms with van der Waals surface area (Å²) in [5.74, 6) is 1.03. The molecule has 0 saturated carbocycles. The Balaban J connectivity index is 1.64. The van der Waals surface area contributed by atoms with Crippen molar-refractivity contribution in [3.63, 3.8) is 0 Å². The highest BCUT2D eigenvalue weighted by molar-refractivity contribution is 7.98. The molecule has 0 aliphatic heterocycles.